The van der Waals surface area contributed by atoms with Crippen LogP contribution in [0.25, 0.3) is 0 Å². The molecule has 0 radical (unpaired) electrons. The molecule has 1 aromatic heterocycles. The first kappa shape index (κ1) is 17.5. The zero-order valence-electron chi connectivity index (χ0n) is 13.6. The van der Waals surface area contributed by atoms with Crippen molar-refractivity contribution in [2.24, 2.45) is 5.41 Å². The molecule has 1 aliphatic rings. The highest BCUT2D eigenvalue weighted by molar-refractivity contribution is 5.91. The number of carboxylic acid groups (broad SMARTS) is 1. The molecule has 23 heavy (non-hydrogen) atoms. The molecule has 2 heterocycles. The summed E-state index contributed by atoms with van der Waals surface area (Å²) in [5.74, 6) is -0.945. The van der Waals surface area contributed by atoms with Crippen LogP contribution in [0, 0.1) is 5.41 Å². The van der Waals surface area contributed by atoms with Crippen LogP contribution in [0.2, 0.25) is 0 Å². The van der Waals surface area contributed by atoms with E-state index < -0.39 is 17.3 Å². The summed E-state index contributed by atoms with van der Waals surface area (Å²) < 4.78 is 10.3. The van der Waals surface area contributed by atoms with Crippen molar-refractivity contribution >= 4 is 11.9 Å². The smallest absolute Gasteiger partial charge is 0.311 e. The largest absolute Gasteiger partial charge is 0.481 e. The maximum Gasteiger partial charge on any atom is 0.311 e. The van der Waals surface area contributed by atoms with E-state index >= 15 is 0 Å². The van der Waals surface area contributed by atoms with E-state index in [2.05, 4.69) is 24.3 Å². The number of ether oxygens (including phenoxy) is 1. The quantitative estimate of drug-likeness (QED) is 0.797. The first-order valence-corrected chi connectivity index (χ1v) is 8.08. The van der Waals surface area contributed by atoms with Crippen molar-refractivity contribution in [2.75, 3.05) is 19.8 Å². The van der Waals surface area contributed by atoms with Gasteiger partial charge in [-0.05, 0) is 25.7 Å². The predicted molar refractivity (Wildman–Crippen MR) is 82.3 cm³/mol. The molecule has 1 saturated heterocycles. The monoisotopic (exact) mass is 324 g/mol. The van der Waals surface area contributed by atoms with Gasteiger partial charge in [-0.1, -0.05) is 19.0 Å². The van der Waals surface area contributed by atoms with Crippen LogP contribution >= 0.6 is 0 Å². The zero-order chi connectivity index (χ0) is 16.9. The highest BCUT2D eigenvalue weighted by Crippen LogP contribution is 2.30. The van der Waals surface area contributed by atoms with Crippen molar-refractivity contribution in [3.8, 4) is 0 Å². The Morgan fingerprint density at radius 1 is 1.35 bits per heavy atom. The van der Waals surface area contributed by atoms with Gasteiger partial charge in [0.25, 0.3) is 5.91 Å². The highest BCUT2D eigenvalue weighted by atomic mass is 16.5. The molecular weight excluding hydrogens is 300 g/mol. The second-order valence-electron chi connectivity index (χ2n) is 6.01. The molecule has 0 bridgehead atoms. The molecule has 1 aromatic rings. The molecule has 0 aromatic carbocycles. The number of carbonyl (C=O) groups excluding carboxylic acids is 1. The van der Waals surface area contributed by atoms with Crippen LogP contribution in [0.1, 0.15) is 61.7 Å². The number of nitrogens with one attached hydrogen (secondary N) is 1. The minimum Gasteiger partial charge on any atom is -0.481 e. The van der Waals surface area contributed by atoms with E-state index in [-0.39, 0.29) is 18.2 Å². The van der Waals surface area contributed by atoms with Gasteiger partial charge < -0.3 is 19.7 Å². The standard InChI is InChI=1S/C16H24N2O5/c1-3-11(4-2)12-9-13(23-18-12)14(19)17-10-16(15(20)21)5-7-22-8-6-16/h9,11H,3-8,10H2,1-2H3,(H,17,19)(H,20,21). The van der Waals surface area contributed by atoms with Gasteiger partial charge in [-0.25, -0.2) is 0 Å². The summed E-state index contributed by atoms with van der Waals surface area (Å²) in [4.78, 5) is 23.7. The van der Waals surface area contributed by atoms with Crippen molar-refractivity contribution in [3.63, 3.8) is 0 Å². The maximum atomic E-state index is 12.2. The van der Waals surface area contributed by atoms with Gasteiger partial charge in [0.2, 0.25) is 5.76 Å². The zero-order valence-corrected chi connectivity index (χ0v) is 13.6. The average Bonchev–Trinajstić information content (AvgIpc) is 3.04. The summed E-state index contributed by atoms with van der Waals surface area (Å²) in [6.07, 6.45) is 2.62. The van der Waals surface area contributed by atoms with Crippen LogP contribution in [-0.2, 0) is 9.53 Å². The number of hydrogen-bond donors (Lipinski definition) is 2. The van der Waals surface area contributed by atoms with Gasteiger partial charge in [-0.15, -0.1) is 0 Å². The van der Waals surface area contributed by atoms with E-state index in [1.165, 1.54) is 0 Å². The Morgan fingerprint density at radius 3 is 2.57 bits per heavy atom. The lowest BCUT2D eigenvalue weighted by atomic mass is 9.80. The van der Waals surface area contributed by atoms with Crippen LogP contribution in [0.5, 0.6) is 0 Å². The number of hydrogen-bond acceptors (Lipinski definition) is 5. The molecule has 2 N–H and O–H groups in total. The molecule has 7 heteroatoms. The van der Waals surface area contributed by atoms with Crippen LogP contribution < -0.4 is 5.32 Å². The number of carbonyl (C=O) groups is 2. The Balaban J connectivity index is 2.00. The molecule has 0 saturated carbocycles. The fraction of sp³-hybridized carbons (Fsp3) is 0.688. The normalized spacial score (nSPS) is 17.2. The molecule has 0 spiro atoms. The Bertz CT molecular complexity index is 544. The van der Waals surface area contributed by atoms with Crippen molar-refractivity contribution in [1.82, 2.24) is 10.5 Å². The number of aromatic nitrogens is 1. The number of carboxylic acids is 1. The summed E-state index contributed by atoms with van der Waals surface area (Å²) in [5, 5.41) is 16.1. The molecule has 2 rings (SSSR count). The number of amides is 1. The minimum atomic E-state index is -0.966. The van der Waals surface area contributed by atoms with E-state index in [1.807, 2.05) is 0 Å². The number of rotatable bonds is 7. The lowest BCUT2D eigenvalue weighted by Crippen LogP contribution is -2.46. The highest BCUT2D eigenvalue weighted by Gasteiger charge is 2.40. The molecule has 0 unspecified atom stereocenters. The van der Waals surface area contributed by atoms with E-state index in [0.29, 0.717) is 26.1 Å². The molecule has 1 amide bonds. The fourth-order valence-electron chi connectivity index (χ4n) is 2.86. The first-order chi connectivity index (χ1) is 11.0. The molecule has 1 aliphatic heterocycles. The lowest BCUT2D eigenvalue weighted by Gasteiger charge is -2.32. The van der Waals surface area contributed by atoms with Crippen molar-refractivity contribution < 1.29 is 24.0 Å². The minimum absolute atomic E-state index is 0.0611. The van der Waals surface area contributed by atoms with Crippen LogP contribution in [0.3, 0.4) is 0 Å². The van der Waals surface area contributed by atoms with Gasteiger partial charge in [0.1, 0.15) is 0 Å². The predicted octanol–water partition coefficient (Wildman–Crippen LogP) is 2.19. The molecular formula is C16H24N2O5. The van der Waals surface area contributed by atoms with Crippen LogP contribution in [0.4, 0.5) is 0 Å². The van der Waals surface area contributed by atoms with E-state index in [0.717, 1.165) is 18.5 Å². The second kappa shape index (κ2) is 7.59. The maximum absolute atomic E-state index is 12.2. The summed E-state index contributed by atoms with van der Waals surface area (Å²) in [7, 11) is 0. The van der Waals surface area contributed by atoms with Gasteiger partial charge in [-0.2, -0.15) is 0 Å². The van der Waals surface area contributed by atoms with Crippen LogP contribution in [0.15, 0.2) is 10.6 Å². The summed E-state index contributed by atoms with van der Waals surface area (Å²) in [6, 6.07) is 1.64. The molecule has 128 valence electrons. The van der Waals surface area contributed by atoms with Gasteiger partial charge in [0.15, 0.2) is 0 Å². The topological polar surface area (TPSA) is 102 Å². The Labute approximate surface area is 135 Å². The lowest BCUT2D eigenvalue weighted by molar-refractivity contribution is -0.154. The van der Waals surface area contributed by atoms with Gasteiger partial charge in [0, 0.05) is 31.7 Å². The van der Waals surface area contributed by atoms with E-state index in [4.69, 9.17) is 9.26 Å². The Kier molecular flexibility index (Phi) is 5.76. The van der Waals surface area contributed by atoms with Gasteiger partial charge in [0.05, 0.1) is 11.1 Å². The number of nitrogens with zero attached hydrogens (tertiary/aromatic N) is 1. The van der Waals surface area contributed by atoms with E-state index in [1.54, 1.807) is 6.07 Å². The first-order valence-electron chi connectivity index (χ1n) is 8.08. The SMILES string of the molecule is CCC(CC)c1cc(C(=O)NCC2(C(=O)O)CCOCC2)on1. The third-order valence-corrected chi connectivity index (χ3v) is 4.65. The third kappa shape index (κ3) is 3.90. The molecule has 0 atom stereocenters. The second-order valence-corrected chi connectivity index (χ2v) is 6.01. The third-order valence-electron chi connectivity index (χ3n) is 4.65. The van der Waals surface area contributed by atoms with E-state index in [9.17, 15) is 14.7 Å². The van der Waals surface area contributed by atoms with Crippen LogP contribution in [-0.4, -0.2) is 41.9 Å². The van der Waals surface area contributed by atoms with Crippen molar-refractivity contribution in [3.05, 3.63) is 17.5 Å². The van der Waals surface area contributed by atoms with Crippen molar-refractivity contribution in [1.29, 1.82) is 0 Å². The molecule has 7 nitrogen and oxygen atoms in total. The van der Waals surface area contributed by atoms with Crippen molar-refractivity contribution in [2.45, 2.75) is 45.4 Å². The number of aliphatic carboxylic acids is 1. The molecule has 1 fully saturated rings. The van der Waals surface area contributed by atoms with Gasteiger partial charge in [-0.3, -0.25) is 9.59 Å². The average molecular weight is 324 g/mol. The Morgan fingerprint density at radius 2 is 2.00 bits per heavy atom. The summed E-state index contributed by atoms with van der Waals surface area (Å²) in [5.41, 5.74) is -0.203. The molecule has 0 aliphatic carbocycles. The summed E-state index contributed by atoms with van der Waals surface area (Å²) in [6.45, 7) is 4.97. The summed E-state index contributed by atoms with van der Waals surface area (Å²) >= 11 is 0. The van der Waals surface area contributed by atoms with Gasteiger partial charge >= 0.3 is 5.97 Å². The Hall–Kier alpha value is -1.89. The fourth-order valence-corrected chi connectivity index (χ4v) is 2.86.